The molecular formula is C29H47NO5. The van der Waals surface area contributed by atoms with E-state index in [4.69, 9.17) is 0 Å². The highest BCUT2D eigenvalue weighted by molar-refractivity contribution is 5.84. The zero-order valence-corrected chi connectivity index (χ0v) is 22.0. The predicted octanol–water partition coefficient (Wildman–Crippen LogP) is 4.47. The first-order valence-electron chi connectivity index (χ1n) is 14.4. The molecule has 1 heterocycles. The van der Waals surface area contributed by atoms with Crippen LogP contribution in [0.3, 0.4) is 0 Å². The van der Waals surface area contributed by atoms with Crippen LogP contribution >= 0.6 is 0 Å². The molecule has 0 aromatic heterocycles. The molecule has 3 N–H and O–H groups in total. The topological polar surface area (TPSA) is 98.1 Å². The lowest BCUT2D eigenvalue weighted by Crippen LogP contribution is -2.58. The van der Waals surface area contributed by atoms with Gasteiger partial charge in [-0.15, -0.1) is 0 Å². The molecule has 5 fully saturated rings. The summed E-state index contributed by atoms with van der Waals surface area (Å²) < 4.78 is 0. The van der Waals surface area contributed by atoms with Crippen molar-refractivity contribution in [2.45, 2.75) is 116 Å². The van der Waals surface area contributed by atoms with Gasteiger partial charge < -0.3 is 20.2 Å². The number of likely N-dealkylation sites (tertiary alicyclic amines) is 1. The molecule has 1 aliphatic heterocycles. The van der Waals surface area contributed by atoms with Crippen molar-refractivity contribution in [2.75, 3.05) is 6.54 Å². The number of aliphatic hydroxyl groups is 2. The van der Waals surface area contributed by atoms with E-state index in [1.165, 1.54) is 25.7 Å². The maximum Gasteiger partial charge on any atom is 0.326 e. The largest absolute Gasteiger partial charge is 0.480 e. The second kappa shape index (κ2) is 9.31. The molecule has 5 aliphatic rings. The lowest BCUT2D eigenvalue weighted by molar-refractivity contribution is -0.174. The van der Waals surface area contributed by atoms with Gasteiger partial charge >= 0.3 is 5.97 Å². The van der Waals surface area contributed by atoms with E-state index < -0.39 is 12.0 Å². The Morgan fingerprint density at radius 1 is 0.971 bits per heavy atom. The van der Waals surface area contributed by atoms with Gasteiger partial charge in [-0.1, -0.05) is 20.8 Å². The van der Waals surface area contributed by atoms with Crippen molar-refractivity contribution in [3.05, 3.63) is 0 Å². The van der Waals surface area contributed by atoms with Gasteiger partial charge in [-0.25, -0.2) is 4.79 Å². The summed E-state index contributed by atoms with van der Waals surface area (Å²) in [4.78, 5) is 26.0. The van der Waals surface area contributed by atoms with Gasteiger partial charge in [0.1, 0.15) is 6.04 Å². The van der Waals surface area contributed by atoms with Crippen molar-refractivity contribution < 1.29 is 24.9 Å². The van der Waals surface area contributed by atoms with Crippen molar-refractivity contribution in [2.24, 2.45) is 46.3 Å². The maximum atomic E-state index is 12.9. The van der Waals surface area contributed by atoms with E-state index in [0.717, 1.165) is 38.5 Å². The highest BCUT2D eigenvalue weighted by Crippen LogP contribution is 2.68. The molecule has 11 atom stereocenters. The molecule has 1 saturated heterocycles. The van der Waals surface area contributed by atoms with E-state index in [-0.39, 0.29) is 28.9 Å². The average Bonchev–Trinajstić information content (AvgIpc) is 3.43. The summed E-state index contributed by atoms with van der Waals surface area (Å²) in [6, 6.07) is -0.639. The minimum atomic E-state index is -0.874. The molecule has 35 heavy (non-hydrogen) atoms. The Morgan fingerprint density at radius 3 is 2.43 bits per heavy atom. The van der Waals surface area contributed by atoms with Gasteiger partial charge in [-0.05, 0) is 117 Å². The minimum absolute atomic E-state index is 0.00585. The normalized spacial score (nSPS) is 48.1. The van der Waals surface area contributed by atoms with Gasteiger partial charge in [-0.3, -0.25) is 4.79 Å². The Labute approximate surface area is 210 Å². The highest BCUT2D eigenvalue weighted by atomic mass is 16.4. The standard InChI is InChI=1S/C29H47NO5/c1-17(6-9-25(33)30-14-4-5-23(30)27(34)35)20-7-8-21-26-22(11-13-29(20,21)3)28(2)12-10-19(31)15-18(28)16-24(26)32/h17-24,26,31-32H,4-16H2,1-3H3,(H,34,35)/t17-,18+,19-,20-,21+,22+,23-,24+,26+,28+,29-/m1/s1. The molecule has 0 aromatic rings. The molecule has 6 heteroatoms. The zero-order valence-electron chi connectivity index (χ0n) is 22.0. The molecular weight excluding hydrogens is 442 g/mol. The van der Waals surface area contributed by atoms with Gasteiger partial charge in [0.25, 0.3) is 0 Å². The minimum Gasteiger partial charge on any atom is -0.480 e. The zero-order chi connectivity index (χ0) is 25.1. The van der Waals surface area contributed by atoms with Crippen LogP contribution in [-0.4, -0.2) is 56.9 Å². The number of rotatable bonds is 5. The Balaban J connectivity index is 1.26. The van der Waals surface area contributed by atoms with Crippen LogP contribution in [0.2, 0.25) is 0 Å². The fraction of sp³-hybridized carbons (Fsp3) is 0.931. The van der Waals surface area contributed by atoms with Crippen molar-refractivity contribution in [3.63, 3.8) is 0 Å². The summed E-state index contributed by atoms with van der Waals surface area (Å²) in [7, 11) is 0. The van der Waals surface area contributed by atoms with Crippen LogP contribution in [0.15, 0.2) is 0 Å². The van der Waals surface area contributed by atoms with Crippen molar-refractivity contribution in [1.82, 2.24) is 4.90 Å². The van der Waals surface area contributed by atoms with Crippen molar-refractivity contribution in [1.29, 1.82) is 0 Å². The highest BCUT2D eigenvalue weighted by Gasteiger charge is 2.62. The third-order valence-electron chi connectivity index (χ3n) is 12.1. The van der Waals surface area contributed by atoms with E-state index in [2.05, 4.69) is 20.8 Å². The smallest absolute Gasteiger partial charge is 0.326 e. The average molecular weight is 490 g/mol. The number of hydrogen-bond acceptors (Lipinski definition) is 4. The summed E-state index contributed by atoms with van der Waals surface area (Å²) >= 11 is 0. The maximum absolute atomic E-state index is 12.9. The summed E-state index contributed by atoms with van der Waals surface area (Å²) in [5.74, 6) is 2.01. The number of fused-ring (bicyclic) bond motifs is 5. The first kappa shape index (κ1) is 25.5. The lowest BCUT2D eigenvalue weighted by Gasteiger charge is -2.62. The first-order valence-corrected chi connectivity index (χ1v) is 14.4. The number of hydrogen-bond donors (Lipinski definition) is 3. The molecule has 0 spiro atoms. The number of aliphatic hydroxyl groups excluding tert-OH is 2. The third kappa shape index (κ3) is 4.15. The van der Waals surface area contributed by atoms with Gasteiger partial charge in [0, 0.05) is 13.0 Å². The van der Waals surface area contributed by atoms with E-state index in [1.807, 2.05) is 0 Å². The van der Waals surface area contributed by atoms with Crippen LogP contribution in [0.1, 0.15) is 97.8 Å². The summed E-state index contributed by atoms with van der Waals surface area (Å²) in [6.45, 7) is 7.80. The van der Waals surface area contributed by atoms with E-state index in [0.29, 0.717) is 54.9 Å². The van der Waals surface area contributed by atoms with Crippen LogP contribution in [0.25, 0.3) is 0 Å². The third-order valence-corrected chi connectivity index (χ3v) is 12.1. The first-order chi connectivity index (χ1) is 16.6. The number of carbonyl (C=O) groups excluding carboxylic acids is 1. The van der Waals surface area contributed by atoms with E-state index in [1.54, 1.807) is 4.90 Å². The predicted molar refractivity (Wildman–Crippen MR) is 133 cm³/mol. The quantitative estimate of drug-likeness (QED) is 0.529. The number of amides is 1. The fourth-order valence-electron chi connectivity index (χ4n) is 10.2. The monoisotopic (exact) mass is 489 g/mol. The molecule has 4 saturated carbocycles. The molecule has 0 unspecified atom stereocenters. The number of carbonyl (C=O) groups is 2. The Kier molecular flexibility index (Phi) is 6.78. The van der Waals surface area contributed by atoms with Gasteiger partial charge in [-0.2, -0.15) is 0 Å². The molecule has 0 bridgehead atoms. The molecule has 6 nitrogen and oxygen atoms in total. The summed E-state index contributed by atoms with van der Waals surface area (Å²) in [6.07, 6.45) is 10.6. The second-order valence-electron chi connectivity index (χ2n) is 13.6. The van der Waals surface area contributed by atoms with Crippen LogP contribution in [-0.2, 0) is 9.59 Å². The fourth-order valence-corrected chi connectivity index (χ4v) is 10.2. The molecule has 4 aliphatic carbocycles. The molecule has 5 rings (SSSR count). The van der Waals surface area contributed by atoms with Crippen LogP contribution in [0.5, 0.6) is 0 Å². The van der Waals surface area contributed by atoms with Gasteiger partial charge in [0.15, 0.2) is 0 Å². The number of carboxylic acids is 1. The number of nitrogens with zero attached hydrogens (tertiary/aromatic N) is 1. The molecule has 0 radical (unpaired) electrons. The molecule has 1 amide bonds. The lowest BCUT2D eigenvalue weighted by atomic mass is 9.43. The summed E-state index contributed by atoms with van der Waals surface area (Å²) in [5, 5.41) is 31.2. The molecule has 0 aromatic carbocycles. The van der Waals surface area contributed by atoms with Crippen molar-refractivity contribution in [3.8, 4) is 0 Å². The van der Waals surface area contributed by atoms with Crippen molar-refractivity contribution >= 4 is 11.9 Å². The van der Waals surface area contributed by atoms with Crippen LogP contribution in [0.4, 0.5) is 0 Å². The summed E-state index contributed by atoms with van der Waals surface area (Å²) in [5.41, 5.74) is 0.455. The van der Waals surface area contributed by atoms with E-state index in [9.17, 15) is 24.9 Å². The van der Waals surface area contributed by atoms with Gasteiger partial charge in [0.2, 0.25) is 5.91 Å². The van der Waals surface area contributed by atoms with Gasteiger partial charge in [0.05, 0.1) is 12.2 Å². The van der Waals surface area contributed by atoms with Crippen LogP contribution < -0.4 is 0 Å². The molecule has 198 valence electrons. The SMILES string of the molecule is C[C@H](CCC(=O)N1CCC[C@@H]1C(=O)O)[C@H]1CC[C@H]2[C@@H]3[C@@H](O)C[C@@H]4C[C@H](O)CC[C@]4(C)[C@H]3CC[C@]12C. The van der Waals surface area contributed by atoms with Crippen LogP contribution in [0, 0.1) is 46.3 Å². The number of carboxylic acid groups (broad SMARTS) is 1. The Morgan fingerprint density at radius 2 is 1.69 bits per heavy atom. The Hall–Kier alpha value is -1.14. The number of aliphatic carboxylic acids is 1. The second-order valence-corrected chi connectivity index (χ2v) is 13.6. The Bertz CT molecular complexity index is 832. The van der Waals surface area contributed by atoms with E-state index >= 15 is 0 Å².